The molecule has 118 valence electrons. The van der Waals surface area contributed by atoms with Crippen LogP contribution in [0.25, 0.3) is 0 Å². The van der Waals surface area contributed by atoms with Crippen molar-refractivity contribution in [3.63, 3.8) is 0 Å². The Morgan fingerprint density at radius 3 is 2.00 bits per heavy atom. The minimum absolute atomic E-state index is 0.406. The van der Waals surface area contributed by atoms with E-state index in [0.29, 0.717) is 0 Å². The van der Waals surface area contributed by atoms with E-state index in [4.69, 9.17) is 22.6 Å². The molecule has 0 bridgehead atoms. The minimum Gasteiger partial charge on any atom is -0.430 e. The van der Waals surface area contributed by atoms with Crippen LogP contribution in [0.4, 0.5) is 0 Å². The summed E-state index contributed by atoms with van der Waals surface area (Å²) < 4.78 is 49.6. The third-order valence-electron chi connectivity index (χ3n) is 1.44. The number of terminal acetylenes is 2. The lowest BCUT2D eigenvalue weighted by atomic mass is 10.9. The number of hydrogen-bond donors (Lipinski definition) is 3. The molecule has 0 aliphatic rings. The fraction of sp³-hybridized carbons (Fsp3) is 0.429. The fourth-order valence-electron chi connectivity index (χ4n) is 0.919. The highest BCUT2D eigenvalue weighted by atomic mass is 31.3. The molecule has 21 heavy (non-hydrogen) atoms. The van der Waals surface area contributed by atoms with Crippen molar-refractivity contribution < 1.29 is 46.5 Å². The summed E-state index contributed by atoms with van der Waals surface area (Å²) in [5, 5.41) is 0. The highest BCUT2D eigenvalue weighted by Crippen LogP contribution is 2.62. The van der Waals surface area contributed by atoms with Gasteiger partial charge in [-0.2, -0.15) is 0 Å². The van der Waals surface area contributed by atoms with Crippen molar-refractivity contribution in [3.8, 4) is 25.1 Å². The van der Waals surface area contributed by atoms with Crippen molar-refractivity contribution in [2.24, 2.45) is 0 Å². The Morgan fingerprint density at radius 1 is 1.14 bits per heavy atom. The van der Waals surface area contributed by atoms with Crippen LogP contribution >= 0.6 is 23.7 Å². The number of ether oxygens (including phenoxy) is 2. The largest absolute Gasteiger partial charge is 0.705 e. The van der Waals surface area contributed by atoms with Crippen LogP contribution in [0, 0.1) is 25.1 Å². The van der Waals surface area contributed by atoms with Gasteiger partial charge in [0.1, 0.15) is 18.5 Å². The first-order valence-corrected chi connectivity index (χ1v) is 9.09. The molecule has 0 rings (SSSR count). The van der Waals surface area contributed by atoms with Gasteiger partial charge in [0, 0.05) is 4.57 Å². The van der Waals surface area contributed by atoms with Crippen LogP contribution in [0.1, 0.15) is 0 Å². The topological polar surface area (TPSA) is 152 Å². The van der Waals surface area contributed by atoms with Gasteiger partial charge in [0.2, 0.25) is 0 Å². The molecular weight excluding hydrogens is 351 g/mol. The van der Waals surface area contributed by atoms with Gasteiger partial charge in [-0.25, -0.2) is 13.8 Å². The van der Waals surface area contributed by atoms with Crippen molar-refractivity contribution >= 4 is 23.7 Å². The van der Waals surface area contributed by atoms with E-state index in [1.54, 1.807) is 12.2 Å². The van der Waals surface area contributed by atoms with E-state index in [1.165, 1.54) is 0 Å². The van der Waals surface area contributed by atoms with E-state index >= 15 is 0 Å². The van der Waals surface area contributed by atoms with Crippen LogP contribution in [0.5, 0.6) is 0 Å². The van der Waals surface area contributed by atoms with Crippen molar-refractivity contribution in [1.29, 1.82) is 0 Å². The van der Waals surface area contributed by atoms with E-state index in [9.17, 15) is 18.6 Å². The van der Waals surface area contributed by atoms with Crippen LogP contribution in [-0.2, 0) is 31.8 Å². The second kappa shape index (κ2) is 9.14. The van der Waals surface area contributed by atoms with E-state index in [1.807, 2.05) is 0 Å². The molecule has 0 aliphatic heterocycles. The van der Waals surface area contributed by atoms with Gasteiger partial charge in [-0.15, -0.1) is 4.89 Å². The lowest BCUT2D eigenvalue weighted by Gasteiger charge is -2.21. The van der Waals surface area contributed by atoms with Crippen LogP contribution < -0.4 is 0 Å². The zero-order valence-electron chi connectivity index (χ0n) is 10.3. The van der Waals surface area contributed by atoms with E-state index in [-0.39, 0.29) is 0 Å². The average molecular weight is 362 g/mol. The van der Waals surface area contributed by atoms with E-state index < -0.39 is 43.4 Å². The zero-order chi connectivity index (χ0) is 16.5. The number of rotatable bonds is 10. The predicted molar refractivity (Wildman–Crippen MR) is 67.9 cm³/mol. The zero-order valence-corrected chi connectivity index (χ0v) is 12.9. The first-order valence-electron chi connectivity index (χ1n) is 4.71. The molecule has 0 aromatic heterocycles. The molecule has 0 spiro atoms. The monoisotopic (exact) mass is 362 g/mol. The molecule has 0 saturated carbocycles. The summed E-state index contributed by atoms with van der Waals surface area (Å²) in [6.07, 6.45) is 12.3. The third kappa shape index (κ3) is 10.4. The van der Waals surface area contributed by atoms with Crippen LogP contribution in [0.15, 0.2) is 0 Å². The second-order valence-corrected chi connectivity index (χ2v) is 7.38. The Morgan fingerprint density at radius 2 is 1.62 bits per heavy atom. The number of hydrogen-bond acceptors (Lipinski definition) is 8. The number of nitrogens with zero attached hydrogens (tertiary/aromatic N) is 1. The lowest BCUT2D eigenvalue weighted by Crippen LogP contribution is -2.29. The first-order chi connectivity index (χ1) is 9.62. The molecule has 0 aliphatic carbocycles. The fourth-order valence-corrected chi connectivity index (χ4v) is 4.18. The predicted octanol–water partition coefficient (Wildman–Crippen LogP) is 0.344. The maximum atomic E-state index is 11.6. The summed E-state index contributed by atoms with van der Waals surface area (Å²) >= 11 is 0. The molecule has 0 aromatic rings. The average Bonchev–Trinajstić information content (AvgIpc) is 2.28. The molecule has 0 heterocycles. The van der Waals surface area contributed by atoms with Crippen molar-refractivity contribution in [1.82, 2.24) is 4.90 Å². The highest BCUT2D eigenvalue weighted by molar-refractivity contribution is 7.66. The van der Waals surface area contributed by atoms with Crippen LogP contribution in [0.2, 0.25) is 0 Å². The molecule has 3 atom stereocenters. The minimum atomic E-state index is -5.21. The lowest BCUT2D eigenvalue weighted by molar-refractivity contribution is 0.0379. The molecule has 3 unspecified atom stereocenters. The second-order valence-electron chi connectivity index (χ2n) is 3.10. The van der Waals surface area contributed by atoms with Gasteiger partial charge in [0.05, 0.1) is 0 Å². The molecule has 3 N–H and O–H groups in total. The first kappa shape index (κ1) is 20.0. The quantitative estimate of drug-likeness (QED) is 0.280. The smallest absolute Gasteiger partial charge is 0.430 e. The Kier molecular flexibility index (Phi) is 8.72. The Bertz CT molecular complexity index is 518. The van der Waals surface area contributed by atoms with Gasteiger partial charge < -0.3 is 14.4 Å². The highest BCUT2D eigenvalue weighted by Gasteiger charge is 2.42. The Labute approximate surface area is 120 Å². The molecular formula is C7H11NO10P3+. The van der Waals surface area contributed by atoms with Crippen LogP contribution in [0.3, 0.4) is 0 Å². The molecule has 0 radical (unpaired) electrons. The number of phosphoric acid groups is 1. The summed E-state index contributed by atoms with van der Waals surface area (Å²) in [6.45, 7) is -0.812. The van der Waals surface area contributed by atoms with Gasteiger partial charge in [-0.05, 0) is 4.31 Å². The van der Waals surface area contributed by atoms with Gasteiger partial charge in [-0.3, -0.25) is 9.46 Å². The SMILES string of the molecule is C#COCN(COC#C)CP(=O)(O)OP(=O)(O)O[P+](=O)O. The maximum absolute atomic E-state index is 11.6. The summed E-state index contributed by atoms with van der Waals surface area (Å²) in [7, 11) is -13.5. The molecule has 0 amide bonds. The van der Waals surface area contributed by atoms with E-state index in [0.717, 1.165) is 4.90 Å². The summed E-state index contributed by atoms with van der Waals surface area (Å²) in [4.78, 5) is 27.6. The van der Waals surface area contributed by atoms with Crippen molar-refractivity contribution in [2.45, 2.75) is 0 Å². The Balaban J connectivity index is 4.76. The van der Waals surface area contributed by atoms with E-state index in [2.05, 4.69) is 18.1 Å². The molecule has 0 aromatic carbocycles. The van der Waals surface area contributed by atoms with Crippen molar-refractivity contribution in [2.75, 3.05) is 19.7 Å². The summed E-state index contributed by atoms with van der Waals surface area (Å²) in [5.74, 6) is 0. The maximum Gasteiger partial charge on any atom is 0.705 e. The third-order valence-corrected chi connectivity index (χ3v) is 5.43. The molecule has 0 saturated heterocycles. The summed E-state index contributed by atoms with van der Waals surface area (Å²) in [5.41, 5.74) is 0. The van der Waals surface area contributed by atoms with Gasteiger partial charge in [0.15, 0.2) is 13.5 Å². The normalized spacial score (nSPS) is 17.0. The Hall–Kier alpha value is -0.960. The standard InChI is InChI=1S/C7H10NO10P3/c1-3-15-5-8(6-16-4-2)7-20(11,12)18-21(13,14)17-19(9)10/h1-2H,5-7H2,(H2-,9,10,11,12,13,14)/p+1. The van der Waals surface area contributed by atoms with Gasteiger partial charge >= 0.3 is 23.7 Å². The van der Waals surface area contributed by atoms with Crippen molar-refractivity contribution in [3.05, 3.63) is 0 Å². The van der Waals surface area contributed by atoms with Crippen LogP contribution in [-0.4, -0.2) is 39.3 Å². The van der Waals surface area contributed by atoms with Gasteiger partial charge in [-0.1, -0.05) is 12.8 Å². The molecule has 14 heteroatoms. The molecule has 11 nitrogen and oxygen atoms in total. The summed E-state index contributed by atoms with van der Waals surface area (Å²) in [6, 6.07) is 0. The van der Waals surface area contributed by atoms with Gasteiger partial charge in [0.25, 0.3) is 0 Å². The molecule has 0 fully saturated rings.